The molecule has 0 unspecified atom stereocenters. The molecule has 1 aromatic rings. The van der Waals surface area contributed by atoms with E-state index in [2.05, 4.69) is 10.6 Å². The summed E-state index contributed by atoms with van der Waals surface area (Å²) >= 11 is 0. The Kier molecular flexibility index (Phi) is 5.49. The minimum absolute atomic E-state index is 0.429. The Hall–Kier alpha value is -2.11. The zero-order chi connectivity index (χ0) is 15.2. The van der Waals surface area contributed by atoms with Gasteiger partial charge in [0.05, 0.1) is 18.5 Å². The van der Waals surface area contributed by atoms with Crippen LogP contribution in [0.3, 0.4) is 0 Å². The highest BCUT2D eigenvalue weighted by Crippen LogP contribution is 2.23. The van der Waals surface area contributed by atoms with Gasteiger partial charge in [0.2, 0.25) is 0 Å². The van der Waals surface area contributed by atoms with Crippen molar-refractivity contribution < 1.29 is 14.3 Å². The van der Waals surface area contributed by atoms with Gasteiger partial charge in [-0.2, -0.15) is 0 Å². The molecule has 20 heavy (non-hydrogen) atoms. The van der Waals surface area contributed by atoms with Crippen LogP contribution in [-0.4, -0.2) is 31.9 Å². The van der Waals surface area contributed by atoms with Gasteiger partial charge in [0, 0.05) is 19.2 Å². The summed E-state index contributed by atoms with van der Waals surface area (Å²) in [6.45, 7) is 6.46. The second-order valence-corrected chi connectivity index (χ2v) is 5.31. The van der Waals surface area contributed by atoms with Crippen LogP contribution in [0.15, 0.2) is 18.2 Å². The number of ether oxygens (including phenoxy) is 2. The average molecular weight is 281 g/mol. The van der Waals surface area contributed by atoms with Crippen LogP contribution >= 0.6 is 0 Å². The molecule has 0 spiro atoms. The molecular formula is C14H23N3O3. The predicted molar refractivity (Wildman–Crippen MR) is 80.1 cm³/mol. The lowest BCUT2D eigenvalue weighted by atomic mass is 10.2. The first-order valence-corrected chi connectivity index (χ1v) is 6.46. The Morgan fingerprint density at radius 2 is 2.00 bits per heavy atom. The summed E-state index contributed by atoms with van der Waals surface area (Å²) in [7, 11) is 1.59. The van der Waals surface area contributed by atoms with Crippen molar-refractivity contribution in [2.45, 2.75) is 26.4 Å². The Bertz CT molecular complexity index is 455. The molecule has 0 aliphatic rings. The number of hydrogen-bond acceptors (Lipinski definition) is 5. The maximum atomic E-state index is 11.4. The third-order valence-electron chi connectivity index (χ3n) is 2.37. The molecular weight excluding hydrogens is 258 g/mol. The summed E-state index contributed by atoms with van der Waals surface area (Å²) in [5, 5.41) is 5.79. The number of nitrogens with two attached hydrogens (primary N) is 1. The molecule has 0 bridgehead atoms. The fourth-order valence-corrected chi connectivity index (χ4v) is 1.50. The van der Waals surface area contributed by atoms with Crippen molar-refractivity contribution >= 4 is 17.5 Å². The van der Waals surface area contributed by atoms with Crippen molar-refractivity contribution in [2.24, 2.45) is 0 Å². The lowest BCUT2D eigenvalue weighted by molar-refractivity contribution is 0.0530. The Morgan fingerprint density at radius 1 is 1.30 bits per heavy atom. The number of nitrogen functional groups attached to an aromatic ring is 1. The molecule has 0 aliphatic carbocycles. The number of hydrogen-bond donors (Lipinski definition) is 3. The van der Waals surface area contributed by atoms with Crippen molar-refractivity contribution in [3.05, 3.63) is 18.2 Å². The van der Waals surface area contributed by atoms with Gasteiger partial charge in [0.15, 0.2) is 0 Å². The normalized spacial score (nSPS) is 10.8. The molecule has 0 radical (unpaired) electrons. The van der Waals surface area contributed by atoms with Gasteiger partial charge in [0.1, 0.15) is 11.4 Å². The van der Waals surface area contributed by atoms with E-state index in [1.165, 1.54) is 0 Å². The van der Waals surface area contributed by atoms with Crippen LogP contribution in [0.2, 0.25) is 0 Å². The van der Waals surface area contributed by atoms with Gasteiger partial charge in [-0.3, -0.25) is 0 Å². The standard InChI is InChI=1S/C14H23N3O3/c1-14(2,3)20-13(18)17-8-7-16-12-6-5-10(19-4)9-11(12)15/h5-6,9,16H,7-8,15H2,1-4H3,(H,17,18). The highest BCUT2D eigenvalue weighted by Gasteiger charge is 2.15. The topological polar surface area (TPSA) is 85.6 Å². The summed E-state index contributed by atoms with van der Waals surface area (Å²) in [5.74, 6) is 0.708. The quantitative estimate of drug-likeness (QED) is 0.569. The number of rotatable bonds is 5. The fourth-order valence-electron chi connectivity index (χ4n) is 1.50. The maximum absolute atomic E-state index is 11.4. The lowest BCUT2D eigenvalue weighted by Crippen LogP contribution is -2.35. The molecule has 1 amide bonds. The number of methoxy groups -OCH3 is 1. The number of carbonyl (C=O) groups excluding carboxylic acids is 1. The van der Waals surface area contributed by atoms with Gasteiger partial charge in [-0.1, -0.05) is 0 Å². The summed E-state index contributed by atoms with van der Waals surface area (Å²) in [4.78, 5) is 11.4. The second-order valence-electron chi connectivity index (χ2n) is 5.31. The van der Waals surface area contributed by atoms with E-state index in [0.717, 1.165) is 5.69 Å². The van der Waals surface area contributed by atoms with E-state index in [-0.39, 0.29) is 0 Å². The van der Waals surface area contributed by atoms with E-state index >= 15 is 0 Å². The van der Waals surface area contributed by atoms with Crippen LogP contribution in [-0.2, 0) is 4.74 Å². The molecule has 6 nitrogen and oxygen atoms in total. The first kappa shape index (κ1) is 15.9. The van der Waals surface area contributed by atoms with Gasteiger partial charge in [0.25, 0.3) is 0 Å². The van der Waals surface area contributed by atoms with Crippen LogP contribution in [0, 0.1) is 0 Å². The van der Waals surface area contributed by atoms with Gasteiger partial charge in [-0.05, 0) is 32.9 Å². The number of alkyl carbamates (subject to hydrolysis) is 1. The van der Waals surface area contributed by atoms with Crippen molar-refractivity contribution in [2.75, 3.05) is 31.2 Å². The van der Waals surface area contributed by atoms with E-state index in [1.54, 1.807) is 13.2 Å². The van der Waals surface area contributed by atoms with Crippen LogP contribution < -0.4 is 21.1 Å². The average Bonchev–Trinajstić information content (AvgIpc) is 2.33. The van der Waals surface area contributed by atoms with E-state index < -0.39 is 11.7 Å². The van der Waals surface area contributed by atoms with Crippen LogP contribution in [0.1, 0.15) is 20.8 Å². The molecule has 0 heterocycles. The van der Waals surface area contributed by atoms with Crippen molar-refractivity contribution in [3.63, 3.8) is 0 Å². The fraction of sp³-hybridized carbons (Fsp3) is 0.500. The van der Waals surface area contributed by atoms with Crippen molar-refractivity contribution in [3.8, 4) is 5.75 Å². The van der Waals surface area contributed by atoms with Gasteiger partial charge >= 0.3 is 6.09 Å². The molecule has 0 aromatic heterocycles. The number of anilines is 2. The largest absolute Gasteiger partial charge is 0.497 e. The summed E-state index contributed by atoms with van der Waals surface area (Å²) < 4.78 is 10.2. The Morgan fingerprint density at radius 3 is 2.55 bits per heavy atom. The minimum Gasteiger partial charge on any atom is -0.497 e. The predicted octanol–water partition coefficient (Wildman–Crippen LogP) is 2.21. The van der Waals surface area contributed by atoms with E-state index in [9.17, 15) is 4.79 Å². The molecule has 0 atom stereocenters. The lowest BCUT2D eigenvalue weighted by Gasteiger charge is -2.19. The minimum atomic E-state index is -0.488. The number of amides is 1. The molecule has 6 heteroatoms. The van der Waals surface area contributed by atoms with Crippen molar-refractivity contribution in [1.29, 1.82) is 0 Å². The molecule has 0 aliphatic heterocycles. The van der Waals surface area contributed by atoms with Crippen LogP contribution in [0.4, 0.5) is 16.2 Å². The first-order valence-electron chi connectivity index (χ1n) is 6.46. The smallest absolute Gasteiger partial charge is 0.407 e. The SMILES string of the molecule is COc1ccc(NCCNC(=O)OC(C)(C)C)c(N)c1. The highest BCUT2D eigenvalue weighted by molar-refractivity contribution is 5.69. The molecule has 1 aromatic carbocycles. The molecule has 0 fully saturated rings. The van der Waals surface area contributed by atoms with Crippen LogP contribution in [0.25, 0.3) is 0 Å². The Balaban J connectivity index is 2.33. The third-order valence-corrected chi connectivity index (χ3v) is 2.37. The maximum Gasteiger partial charge on any atom is 0.407 e. The van der Waals surface area contributed by atoms with Gasteiger partial charge in [-0.25, -0.2) is 4.79 Å². The highest BCUT2D eigenvalue weighted by atomic mass is 16.6. The van der Waals surface area contributed by atoms with Gasteiger partial charge in [-0.15, -0.1) is 0 Å². The van der Waals surface area contributed by atoms with Gasteiger partial charge < -0.3 is 25.8 Å². The summed E-state index contributed by atoms with van der Waals surface area (Å²) in [6.07, 6.45) is -0.429. The van der Waals surface area contributed by atoms with E-state index in [0.29, 0.717) is 24.5 Å². The van der Waals surface area contributed by atoms with Crippen LogP contribution in [0.5, 0.6) is 5.75 Å². The molecule has 4 N–H and O–H groups in total. The zero-order valence-corrected chi connectivity index (χ0v) is 12.4. The monoisotopic (exact) mass is 281 g/mol. The Labute approximate surface area is 119 Å². The summed E-state index contributed by atoms with van der Waals surface area (Å²) in [6, 6.07) is 5.39. The third kappa shape index (κ3) is 5.69. The zero-order valence-electron chi connectivity index (χ0n) is 12.4. The van der Waals surface area contributed by atoms with E-state index in [4.69, 9.17) is 15.2 Å². The molecule has 112 valence electrons. The number of nitrogens with one attached hydrogen (secondary N) is 2. The molecule has 0 saturated carbocycles. The first-order chi connectivity index (χ1) is 9.31. The number of carbonyl (C=O) groups is 1. The molecule has 1 rings (SSSR count). The summed E-state index contributed by atoms with van der Waals surface area (Å²) in [5.41, 5.74) is 6.78. The van der Waals surface area contributed by atoms with E-state index in [1.807, 2.05) is 32.9 Å². The van der Waals surface area contributed by atoms with Crippen molar-refractivity contribution in [1.82, 2.24) is 5.32 Å². The second kappa shape index (κ2) is 6.88. The number of benzene rings is 1. The molecule has 0 saturated heterocycles.